The van der Waals surface area contributed by atoms with Crippen LogP contribution in [0.25, 0.3) is 0 Å². The maximum atomic E-state index is 5.87. The van der Waals surface area contributed by atoms with E-state index in [2.05, 4.69) is 5.10 Å². The number of nitrogens with two attached hydrogens (primary N) is 1. The van der Waals surface area contributed by atoms with Crippen LogP contribution < -0.4 is 15.2 Å². The summed E-state index contributed by atoms with van der Waals surface area (Å²) in [6.45, 7) is 5.83. The minimum absolute atomic E-state index is 0.0662. The van der Waals surface area contributed by atoms with Crippen molar-refractivity contribution in [2.45, 2.75) is 26.9 Å². The minimum Gasteiger partial charge on any atom is -0.489 e. The summed E-state index contributed by atoms with van der Waals surface area (Å²) >= 11 is 0. The zero-order valence-electron chi connectivity index (χ0n) is 11.7. The summed E-state index contributed by atoms with van der Waals surface area (Å²) in [4.78, 5) is 0. The number of nitrogens with zero attached hydrogens (tertiary/aromatic N) is 2. The number of hydrogen-bond acceptors (Lipinski definition) is 4. The van der Waals surface area contributed by atoms with Gasteiger partial charge in [0.15, 0.2) is 0 Å². The topological polar surface area (TPSA) is 62.3 Å². The molecule has 102 valence electrons. The largest absolute Gasteiger partial charge is 0.489 e. The minimum atomic E-state index is 0.0662. The Morgan fingerprint density at radius 1 is 1.26 bits per heavy atom. The summed E-state index contributed by atoms with van der Waals surface area (Å²) in [5.74, 6) is 1.98. The molecule has 0 aliphatic heterocycles. The second-order valence-corrected chi connectivity index (χ2v) is 4.72. The predicted octanol–water partition coefficient (Wildman–Crippen LogP) is 2.89. The van der Waals surface area contributed by atoms with Gasteiger partial charge in [0.25, 0.3) is 0 Å². The first kappa shape index (κ1) is 13.3. The first-order valence-electron chi connectivity index (χ1n) is 6.20. The van der Waals surface area contributed by atoms with Gasteiger partial charge >= 0.3 is 0 Å². The van der Waals surface area contributed by atoms with Crippen molar-refractivity contribution in [1.82, 2.24) is 9.78 Å². The van der Waals surface area contributed by atoms with Crippen LogP contribution >= 0.6 is 0 Å². The fourth-order valence-electron chi connectivity index (χ4n) is 1.74. The quantitative estimate of drug-likeness (QED) is 0.860. The summed E-state index contributed by atoms with van der Waals surface area (Å²) in [5, 5.41) is 4.23. The van der Waals surface area contributed by atoms with Crippen molar-refractivity contribution in [2.75, 3.05) is 5.73 Å². The molecular formula is C14H19N3O2. The van der Waals surface area contributed by atoms with E-state index in [1.165, 1.54) is 0 Å². The summed E-state index contributed by atoms with van der Waals surface area (Å²) < 4.78 is 13.1. The number of hydrogen-bond donors (Lipinski definition) is 1. The molecule has 1 heterocycles. The Hall–Kier alpha value is -2.17. The maximum absolute atomic E-state index is 5.87. The average Bonchev–Trinajstić information content (AvgIpc) is 2.61. The van der Waals surface area contributed by atoms with E-state index in [0.717, 1.165) is 5.69 Å². The van der Waals surface area contributed by atoms with Crippen LogP contribution in [-0.4, -0.2) is 15.9 Å². The van der Waals surface area contributed by atoms with Gasteiger partial charge < -0.3 is 15.2 Å². The van der Waals surface area contributed by atoms with E-state index in [9.17, 15) is 0 Å². The first-order chi connectivity index (χ1) is 8.95. The fraction of sp³-hybridized carbons (Fsp3) is 0.357. The van der Waals surface area contributed by atoms with Crippen molar-refractivity contribution < 1.29 is 9.47 Å². The lowest BCUT2D eigenvalue weighted by atomic mass is 10.3. The average molecular weight is 261 g/mol. The van der Waals surface area contributed by atoms with Crippen molar-refractivity contribution >= 4 is 5.69 Å². The molecule has 5 nitrogen and oxygen atoms in total. The number of aryl methyl sites for hydroxylation is 2. The van der Waals surface area contributed by atoms with Gasteiger partial charge in [0, 0.05) is 19.2 Å². The third-order valence-corrected chi connectivity index (χ3v) is 2.53. The molecule has 0 bridgehead atoms. The highest BCUT2D eigenvalue weighted by Gasteiger charge is 2.08. The molecule has 0 atom stereocenters. The van der Waals surface area contributed by atoms with E-state index in [1.807, 2.05) is 40.0 Å². The fourth-order valence-corrected chi connectivity index (χ4v) is 1.74. The number of benzene rings is 1. The van der Waals surface area contributed by atoms with Gasteiger partial charge in [-0.2, -0.15) is 5.10 Å². The molecule has 0 radical (unpaired) electrons. The zero-order chi connectivity index (χ0) is 14.0. The summed E-state index contributed by atoms with van der Waals surface area (Å²) in [7, 11) is 1.84. The Balaban J connectivity index is 2.23. The molecule has 2 N–H and O–H groups in total. The van der Waals surface area contributed by atoms with Crippen molar-refractivity contribution in [2.24, 2.45) is 7.05 Å². The molecule has 0 saturated heterocycles. The van der Waals surface area contributed by atoms with Crippen LogP contribution in [0.1, 0.15) is 19.5 Å². The van der Waals surface area contributed by atoms with Crippen LogP contribution in [-0.2, 0) is 7.05 Å². The van der Waals surface area contributed by atoms with Gasteiger partial charge in [-0.05, 0) is 32.9 Å². The van der Waals surface area contributed by atoms with Crippen molar-refractivity contribution in [1.29, 1.82) is 0 Å². The molecule has 1 aromatic carbocycles. The Bertz CT molecular complexity index is 576. The highest BCUT2D eigenvalue weighted by Crippen LogP contribution is 2.30. The number of rotatable bonds is 4. The van der Waals surface area contributed by atoms with Crippen molar-refractivity contribution in [3.8, 4) is 17.4 Å². The third-order valence-electron chi connectivity index (χ3n) is 2.53. The second kappa shape index (κ2) is 5.22. The number of aromatic nitrogens is 2. The molecule has 1 aromatic heterocycles. The van der Waals surface area contributed by atoms with Crippen LogP contribution in [0.4, 0.5) is 5.69 Å². The first-order valence-corrected chi connectivity index (χ1v) is 6.20. The smallest absolute Gasteiger partial charge is 0.217 e. The van der Waals surface area contributed by atoms with E-state index in [-0.39, 0.29) is 6.10 Å². The second-order valence-electron chi connectivity index (χ2n) is 4.72. The van der Waals surface area contributed by atoms with Crippen LogP contribution in [0.5, 0.6) is 17.4 Å². The Kier molecular flexibility index (Phi) is 3.64. The predicted molar refractivity (Wildman–Crippen MR) is 74.6 cm³/mol. The van der Waals surface area contributed by atoms with Gasteiger partial charge in [0.2, 0.25) is 5.88 Å². The number of nitrogen functional groups attached to an aromatic ring is 1. The molecule has 0 aliphatic carbocycles. The molecule has 0 unspecified atom stereocenters. The molecule has 2 aromatic rings. The van der Waals surface area contributed by atoms with E-state index >= 15 is 0 Å². The lowest BCUT2D eigenvalue weighted by Gasteiger charge is -2.13. The van der Waals surface area contributed by atoms with Gasteiger partial charge in [-0.25, -0.2) is 4.68 Å². The van der Waals surface area contributed by atoms with Gasteiger partial charge in [0.1, 0.15) is 11.5 Å². The van der Waals surface area contributed by atoms with Gasteiger partial charge in [-0.1, -0.05) is 0 Å². The summed E-state index contributed by atoms with van der Waals surface area (Å²) in [6, 6.07) is 7.25. The number of ether oxygens (including phenoxy) is 2. The van der Waals surface area contributed by atoms with Crippen LogP contribution in [0.3, 0.4) is 0 Å². The molecule has 0 aliphatic rings. The monoisotopic (exact) mass is 261 g/mol. The lowest BCUT2D eigenvalue weighted by molar-refractivity contribution is 0.243. The van der Waals surface area contributed by atoms with Gasteiger partial charge in [0.05, 0.1) is 17.5 Å². The van der Waals surface area contributed by atoms with Crippen molar-refractivity contribution in [3.05, 3.63) is 30.0 Å². The highest BCUT2D eigenvalue weighted by molar-refractivity contribution is 5.56. The Morgan fingerprint density at radius 2 is 2.00 bits per heavy atom. The Labute approximate surface area is 112 Å². The molecule has 0 amide bonds. The highest BCUT2D eigenvalue weighted by atomic mass is 16.5. The van der Waals surface area contributed by atoms with Gasteiger partial charge in [-0.3, -0.25) is 0 Å². The molecule has 0 fully saturated rings. The zero-order valence-corrected chi connectivity index (χ0v) is 11.7. The van der Waals surface area contributed by atoms with Crippen LogP contribution in [0, 0.1) is 6.92 Å². The normalized spacial score (nSPS) is 10.8. The van der Waals surface area contributed by atoms with Gasteiger partial charge in [-0.15, -0.1) is 0 Å². The van der Waals surface area contributed by atoms with Crippen LogP contribution in [0.2, 0.25) is 0 Å². The van der Waals surface area contributed by atoms with E-state index in [1.54, 1.807) is 16.8 Å². The molecule has 19 heavy (non-hydrogen) atoms. The maximum Gasteiger partial charge on any atom is 0.217 e. The Morgan fingerprint density at radius 3 is 2.58 bits per heavy atom. The molecule has 2 rings (SSSR count). The summed E-state index contributed by atoms with van der Waals surface area (Å²) in [6.07, 6.45) is 0.0662. The van der Waals surface area contributed by atoms with Crippen LogP contribution in [0.15, 0.2) is 24.3 Å². The molecule has 0 spiro atoms. The SMILES string of the molecule is Cc1cc(Oc2ccc(N)c(OC(C)C)c2)n(C)n1. The number of anilines is 1. The molecular weight excluding hydrogens is 242 g/mol. The molecule has 0 saturated carbocycles. The lowest BCUT2D eigenvalue weighted by Crippen LogP contribution is -2.07. The van der Waals surface area contributed by atoms with E-state index < -0.39 is 0 Å². The summed E-state index contributed by atoms with van der Waals surface area (Å²) in [5.41, 5.74) is 7.38. The van der Waals surface area contributed by atoms with Crippen molar-refractivity contribution in [3.63, 3.8) is 0 Å². The van der Waals surface area contributed by atoms with E-state index in [0.29, 0.717) is 23.1 Å². The standard InChI is InChI=1S/C14H19N3O2/c1-9(2)18-13-8-11(5-6-12(13)15)19-14-7-10(3)16-17(14)4/h5-9H,15H2,1-4H3. The third kappa shape index (κ3) is 3.19. The van der Waals surface area contributed by atoms with E-state index in [4.69, 9.17) is 15.2 Å². The molecule has 5 heteroatoms.